The van der Waals surface area contributed by atoms with E-state index in [0.29, 0.717) is 10.6 Å². The predicted octanol–water partition coefficient (Wildman–Crippen LogP) is 4.62. The van der Waals surface area contributed by atoms with E-state index in [2.05, 4.69) is 5.32 Å². The number of hydrogen-bond acceptors (Lipinski definition) is 4. The van der Waals surface area contributed by atoms with Gasteiger partial charge in [0.15, 0.2) is 0 Å². The smallest absolute Gasteiger partial charge is 0.264 e. The zero-order chi connectivity index (χ0) is 27.2. The first-order valence-corrected chi connectivity index (χ1v) is 13.5. The molecule has 1 unspecified atom stereocenters. The van der Waals surface area contributed by atoms with Gasteiger partial charge in [-0.05, 0) is 74.9 Å². The van der Waals surface area contributed by atoms with Gasteiger partial charge in [-0.25, -0.2) is 12.8 Å². The van der Waals surface area contributed by atoms with Crippen molar-refractivity contribution in [2.45, 2.75) is 44.3 Å². The van der Waals surface area contributed by atoms with Gasteiger partial charge in [0.1, 0.15) is 18.4 Å². The SMILES string of the molecule is CC(C)NC(=O)C(C)N(Cc1cccc(Cl)c1)C(=O)CN(c1ccc(F)cc1)S(=O)(=O)c1ccccc1. The van der Waals surface area contributed by atoms with E-state index in [4.69, 9.17) is 11.6 Å². The fourth-order valence-electron chi connectivity index (χ4n) is 3.68. The zero-order valence-corrected chi connectivity index (χ0v) is 22.3. The first-order valence-electron chi connectivity index (χ1n) is 11.7. The van der Waals surface area contributed by atoms with Crippen LogP contribution in [0, 0.1) is 5.82 Å². The molecule has 1 atom stereocenters. The normalized spacial score (nSPS) is 12.2. The Morgan fingerprint density at radius 1 is 0.946 bits per heavy atom. The Morgan fingerprint density at radius 3 is 2.19 bits per heavy atom. The van der Waals surface area contributed by atoms with Crippen LogP contribution < -0.4 is 9.62 Å². The number of carbonyl (C=O) groups excluding carboxylic acids is 2. The number of halogens is 2. The van der Waals surface area contributed by atoms with Gasteiger partial charge in [0.05, 0.1) is 10.6 Å². The predicted molar refractivity (Wildman–Crippen MR) is 142 cm³/mol. The molecule has 2 amide bonds. The van der Waals surface area contributed by atoms with Gasteiger partial charge >= 0.3 is 0 Å². The summed E-state index contributed by atoms with van der Waals surface area (Å²) in [5, 5.41) is 3.25. The molecule has 3 rings (SSSR count). The Morgan fingerprint density at radius 2 is 1.59 bits per heavy atom. The summed E-state index contributed by atoms with van der Waals surface area (Å²) in [4.78, 5) is 27.9. The first-order chi connectivity index (χ1) is 17.5. The third-order valence-corrected chi connectivity index (χ3v) is 7.59. The van der Waals surface area contributed by atoms with Crippen LogP contribution in [0.5, 0.6) is 0 Å². The van der Waals surface area contributed by atoms with Crippen molar-refractivity contribution in [1.29, 1.82) is 0 Å². The second-order valence-corrected chi connectivity index (χ2v) is 11.1. The molecule has 196 valence electrons. The minimum Gasteiger partial charge on any atom is -0.352 e. The highest BCUT2D eigenvalue weighted by Gasteiger charge is 2.32. The lowest BCUT2D eigenvalue weighted by Crippen LogP contribution is -2.52. The van der Waals surface area contributed by atoms with Gasteiger partial charge in [-0.2, -0.15) is 0 Å². The van der Waals surface area contributed by atoms with E-state index < -0.39 is 34.3 Å². The lowest BCUT2D eigenvalue weighted by atomic mass is 10.1. The third-order valence-electron chi connectivity index (χ3n) is 5.56. The molecule has 3 aromatic rings. The van der Waals surface area contributed by atoms with Crippen LogP contribution in [0.3, 0.4) is 0 Å². The molecule has 7 nitrogen and oxygen atoms in total. The van der Waals surface area contributed by atoms with Crippen molar-refractivity contribution in [3.8, 4) is 0 Å². The van der Waals surface area contributed by atoms with Crippen LogP contribution in [0.15, 0.2) is 83.8 Å². The summed E-state index contributed by atoms with van der Waals surface area (Å²) in [5.74, 6) is -1.55. The van der Waals surface area contributed by atoms with Crippen LogP contribution >= 0.6 is 11.6 Å². The quantitative estimate of drug-likeness (QED) is 0.403. The third kappa shape index (κ3) is 7.30. The van der Waals surface area contributed by atoms with Crippen LogP contribution in [0.1, 0.15) is 26.3 Å². The van der Waals surface area contributed by atoms with Crippen molar-refractivity contribution < 1.29 is 22.4 Å². The van der Waals surface area contributed by atoms with Crippen molar-refractivity contribution in [1.82, 2.24) is 10.2 Å². The van der Waals surface area contributed by atoms with Crippen molar-refractivity contribution in [3.05, 3.63) is 95.3 Å². The summed E-state index contributed by atoms with van der Waals surface area (Å²) in [6.07, 6.45) is 0. The summed E-state index contributed by atoms with van der Waals surface area (Å²) >= 11 is 6.12. The van der Waals surface area contributed by atoms with E-state index in [-0.39, 0.29) is 29.1 Å². The summed E-state index contributed by atoms with van der Waals surface area (Å²) in [5.41, 5.74) is 0.782. The topological polar surface area (TPSA) is 86.8 Å². The number of hydrogen-bond donors (Lipinski definition) is 1. The number of rotatable bonds is 10. The molecule has 0 aliphatic rings. The molecule has 10 heteroatoms. The Kier molecular flexibility index (Phi) is 9.29. The van der Waals surface area contributed by atoms with Gasteiger partial charge < -0.3 is 10.2 Å². The van der Waals surface area contributed by atoms with Gasteiger partial charge in [-0.1, -0.05) is 41.9 Å². The minimum atomic E-state index is -4.20. The monoisotopic (exact) mass is 545 g/mol. The van der Waals surface area contributed by atoms with Crippen molar-refractivity contribution in [2.24, 2.45) is 0 Å². The standard InChI is InChI=1S/C27H29ClFN3O4S/c1-19(2)30-27(34)20(3)31(17-21-8-7-9-22(28)16-21)26(33)18-32(24-14-12-23(29)13-15-24)37(35,36)25-10-5-4-6-11-25/h4-16,19-20H,17-18H2,1-3H3,(H,30,34). The lowest BCUT2D eigenvalue weighted by molar-refractivity contribution is -0.139. The van der Waals surface area contributed by atoms with Crippen molar-refractivity contribution >= 4 is 39.1 Å². The molecule has 0 saturated heterocycles. The molecule has 0 aliphatic carbocycles. The summed E-state index contributed by atoms with van der Waals surface area (Å²) in [6.45, 7) is 4.60. The molecule has 37 heavy (non-hydrogen) atoms. The molecule has 3 aromatic carbocycles. The highest BCUT2D eigenvalue weighted by molar-refractivity contribution is 7.92. The highest BCUT2D eigenvalue weighted by Crippen LogP contribution is 2.25. The number of carbonyl (C=O) groups is 2. The van der Waals surface area contributed by atoms with Gasteiger partial charge in [-0.15, -0.1) is 0 Å². The van der Waals surface area contributed by atoms with E-state index >= 15 is 0 Å². The maximum Gasteiger partial charge on any atom is 0.264 e. The molecular formula is C27H29ClFN3O4S. The largest absolute Gasteiger partial charge is 0.352 e. The summed E-state index contributed by atoms with van der Waals surface area (Å²) < 4.78 is 41.7. The molecule has 0 bridgehead atoms. The van der Waals surface area contributed by atoms with Crippen molar-refractivity contribution in [2.75, 3.05) is 10.8 Å². The fraction of sp³-hybridized carbons (Fsp3) is 0.259. The molecular weight excluding hydrogens is 517 g/mol. The van der Waals surface area contributed by atoms with Crippen LogP contribution in [0.25, 0.3) is 0 Å². The number of amides is 2. The molecule has 0 aromatic heterocycles. The molecule has 0 saturated carbocycles. The number of sulfonamides is 1. The van der Waals surface area contributed by atoms with E-state index in [1.54, 1.807) is 63.2 Å². The average Bonchev–Trinajstić information content (AvgIpc) is 2.86. The van der Waals surface area contributed by atoms with Crippen molar-refractivity contribution in [3.63, 3.8) is 0 Å². The lowest BCUT2D eigenvalue weighted by Gasteiger charge is -2.32. The summed E-state index contributed by atoms with van der Waals surface area (Å²) in [6, 6.07) is 18.2. The first kappa shape index (κ1) is 28.1. The van der Waals surface area contributed by atoms with Gasteiger partial charge in [0, 0.05) is 17.6 Å². The van der Waals surface area contributed by atoms with E-state index in [1.165, 1.54) is 29.2 Å². The maximum atomic E-state index is 13.7. The maximum absolute atomic E-state index is 13.7. The number of anilines is 1. The van der Waals surface area contributed by atoms with Crippen LogP contribution in [0.2, 0.25) is 5.02 Å². The van der Waals surface area contributed by atoms with E-state index in [1.807, 2.05) is 0 Å². The Hall–Kier alpha value is -3.43. The Balaban J connectivity index is 2.01. The number of benzene rings is 3. The average molecular weight is 546 g/mol. The van der Waals surface area contributed by atoms with Gasteiger partial charge in [0.25, 0.3) is 10.0 Å². The molecule has 0 fully saturated rings. The van der Waals surface area contributed by atoms with Crippen LogP contribution in [0.4, 0.5) is 10.1 Å². The summed E-state index contributed by atoms with van der Waals surface area (Å²) in [7, 11) is -4.20. The second kappa shape index (κ2) is 12.2. The molecule has 0 spiro atoms. The number of nitrogens with zero attached hydrogens (tertiary/aromatic N) is 2. The fourth-order valence-corrected chi connectivity index (χ4v) is 5.32. The van der Waals surface area contributed by atoms with Crippen LogP contribution in [-0.4, -0.2) is 43.8 Å². The zero-order valence-electron chi connectivity index (χ0n) is 20.8. The second-order valence-electron chi connectivity index (χ2n) is 8.79. The molecule has 1 N–H and O–H groups in total. The van der Waals surface area contributed by atoms with E-state index in [9.17, 15) is 22.4 Å². The Bertz CT molecular complexity index is 1340. The van der Waals surface area contributed by atoms with Gasteiger partial charge in [-0.3, -0.25) is 13.9 Å². The highest BCUT2D eigenvalue weighted by atomic mass is 35.5. The van der Waals surface area contributed by atoms with Gasteiger partial charge in [0.2, 0.25) is 11.8 Å². The van der Waals surface area contributed by atoms with E-state index in [0.717, 1.165) is 16.4 Å². The van der Waals surface area contributed by atoms with Crippen LogP contribution in [-0.2, 0) is 26.2 Å². The minimum absolute atomic E-state index is 0.0225. The molecule has 0 aliphatic heterocycles. The Labute approximate surface area is 221 Å². The number of nitrogens with one attached hydrogen (secondary N) is 1. The molecule has 0 heterocycles. The molecule has 0 radical (unpaired) electrons.